The molecule has 3 rings (SSSR count). The third-order valence-electron chi connectivity index (χ3n) is 4.45. The lowest BCUT2D eigenvalue weighted by Crippen LogP contribution is -2.38. The first-order valence-corrected chi connectivity index (χ1v) is 9.70. The van der Waals surface area contributed by atoms with E-state index in [0.29, 0.717) is 21.1 Å². The summed E-state index contributed by atoms with van der Waals surface area (Å²) in [5, 5.41) is 13.1. The molecular weight excluding hydrogens is 416 g/mol. The fourth-order valence-electron chi connectivity index (χ4n) is 2.91. The molecule has 0 aliphatic rings. The Morgan fingerprint density at radius 1 is 1.25 bits per heavy atom. The van der Waals surface area contributed by atoms with Gasteiger partial charge in [-0.3, -0.25) is 14.3 Å². The molecule has 0 amide bonds. The van der Waals surface area contributed by atoms with Crippen LogP contribution in [0.25, 0.3) is 5.69 Å². The van der Waals surface area contributed by atoms with Crippen molar-refractivity contribution in [3.8, 4) is 5.69 Å². The minimum absolute atomic E-state index is 0.402. The number of aryl methyl sites for hydroxylation is 1. The molecule has 146 valence electrons. The molecule has 1 unspecified atom stereocenters. The number of benzene rings is 2. The van der Waals surface area contributed by atoms with Crippen molar-refractivity contribution in [1.29, 1.82) is 0 Å². The Morgan fingerprint density at radius 3 is 2.50 bits per heavy atom. The number of hydrogen-bond acceptors (Lipinski definition) is 4. The molecule has 0 aliphatic carbocycles. The lowest BCUT2D eigenvalue weighted by Gasteiger charge is -2.29. The Labute approximate surface area is 177 Å². The van der Waals surface area contributed by atoms with Gasteiger partial charge in [0.15, 0.2) is 4.77 Å². The van der Waals surface area contributed by atoms with Crippen LogP contribution in [0.1, 0.15) is 12.5 Å². The van der Waals surface area contributed by atoms with Crippen molar-refractivity contribution in [1.82, 2.24) is 14.3 Å². The van der Waals surface area contributed by atoms with E-state index >= 15 is 0 Å². The highest BCUT2D eigenvalue weighted by atomic mass is 35.5. The summed E-state index contributed by atoms with van der Waals surface area (Å²) >= 11 is 16.8. The number of anilines is 1. The molecule has 9 heteroatoms. The van der Waals surface area contributed by atoms with Crippen LogP contribution in [0.3, 0.4) is 0 Å². The Balaban J connectivity index is 1.99. The van der Waals surface area contributed by atoms with E-state index in [-0.39, 0.29) is 0 Å². The highest BCUT2D eigenvalue weighted by Gasteiger charge is 2.21. The molecule has 0 fully saturated rings. The molecular formula is C19H19ClN4O2S2. The molecule has 2 aromatic carbocycles. The zero-order valence-electron chi connectivity index (χ0n) is 15.3. The van der Waals surface area contributed by atoms with Gasteiger partial charge in [-0.25, -0.2) is 4.79 Å². The first-order valence-electron chi connectivity index (χ1n) is 8.50. The molecule has 0 aliphatic heterocycles. The van der Waals surface area contributed by atoms with Crippen molar-refractivity contribution >= 4 is 47.7 Å². The maximum Gasteiger partial charge on any atom is 0.326 e. The quantitative estimate of drug-likeness (QED) is 0.549. The van der Waals surface area contributed by atoms with E-state index in [2.05, 4.69) is 5.10 Å². The summed E-state index contributed by atoms with van der Waals surface area (Å²) in [5.41, 5.74) is 2.53. The minimum atomic E-state index is -0.904. The van der Waals surface area contributed by atoms with Crippen LogP contribution in [0, 0.1) is 9.54 Å². The van der Waals surface area contributed by atoms with Crippen molar-refractivity contribution < 1.29 is 9.90 Å². The summed E-state index contributed by atoms with van der Waals surface area (Å²) in [6, 6.07) is 14.1. The van der Waals surface area contributed by atoms with Crippen LogP contribution in [0.4, 0.5) is 5.69 Å². The summed E-state index contributed by atoms with van der Waals surface area (Å²) in [5.74, 6) is -0.904. The third-order valence-corrected chi connectivity index (χ3v) is 5.43. The van der Waals surface area contributed by atoms with Crippen molar-refractivity contribution in [2.75, 3.05) is 4.90 Å². The van der Waals surface area contributed by atoms with Crippen LogP contribution in [0.5, 0.6) is 0 Å². The second-order valence-electron chi connectivity index (χ2n) is 6.38. The summed E-state index contributed by atoms with van der Waals surface area (Å²) in [7, 11) is 1.80. The van der Waals surface area contributed by atoms with Gasteiger partial charge in [0.25, 0.3) is 0 Å². The third kappa shape index (κ3) is 4.19. The molecule has 0 saturated carbocycles. The lowest BCUT2D eigenvalue weighted by atomic mass is 10.1. The highest BCUT2D eigenvalue weighted by molar-refractivity contribution is 7.72. The zero-order valence-corrected chi connectivity index (χ0v) is 17.7. The number of nitrogens with one attached hydrogen (secondary N) is 1. The van der Waals surface area contributed by atoms with Crippen LogP contribution in [0.15, 0.2) is 48.5 Å². The fraction of sp³-hybridized carbons (Fsp3) is 0.211. The topological polar surface area (TPSA) is 66.2 Å². The smallest absolute Gasteiger partial charge is 0.326 e. The summed E-state index contributed by atoms with van der Waals surface area (Å²) in [6.45, 7) is 2.06. The van der Waals surface area contributed by atoms with Crippen LogP contribution < -0.4 is 4.90 Å². The zero-order chi connectivity index (χ0) is 20.4. The van der Waals surface area contributed by atoms with Gasteiger partial charge in [-0.05, 0) is 73.3 Å². The van der Waals surface area contributed by atoms with Gasteiger partial charge in [-0.1, -0.05) is 23.7 Å². The average molecular weight is 435 g/mol. The molecule has 0 bridgehead atoms. The monoisotopic (exact) mass is 434 g/mol. The van der Waals surface area contributed by atoms with Gasteiger partial charge in [0, 0.05) is 24.3 Å². The van der Waals surface area contributed by atoms with Gasteiger partial charge in [0.1, 0.15) is 6.04 Å². The fourth-order valence-corrected chi connectivity index (χ4v) is 3.67. The second-order valence-corrected chi connectivity index (χ2v) is 7.57. The summed E-state index contributed by atoms with van der Waals surface area (Å²) < 4.78 is 4.49. The number of nitrogens with zero attached hydrogens (tertiary/aromatic N) is 3. The van der Waals surface area contributed by atoms with E-state index in [4.69, 9.17) is 36.0 Å². The Bertz CT molecular complexity index is 1120. The number of rotatable bonds is 6. The summed E-state index contributed by atoms with van der Waals surface area (Å²) in [4.78, 5) is 13.5. The van der Waals surface area contributed by atoms with E-state index in [0.717, 1.165) is 16.9 Å². The highest BCUT2D eigenvalue weighted by Crippen LogP contribution is 2.23. The number of carboxylic acids is 1. The predicted molar refractivity (Wildman–Crippen MR) is 115 cm³/mol. The number of hydrogen-bond donors (Lipinski definition) is 2. The Kier molecular flexibility index (Phi) is 6.02. The van der Waals surface area contributed by atoms with E-state index in [1.54, 1.807) is 35.4 Å². The molecule has 1 heterocycles. The van der Waals surface area contributed by atoms with Gasteiger partial charge in [-0.2, -0.15) is 0 Å². The molecule has 0 radical (unpaired) electrons. The molecule has 6 nitrogen and oxygen atoms in total. The van der Waals surface area contributed by atoms with E-state index in [9.17, 15) is 9.90 Å². The number of halogens is 1. The number of aromatic amines is 1. The number of aliphatic carboxylic acids is 1. The molecule has 2 N–H and O–H groups in total. The SMILES string of the molecule is CC(C(=O)O)N(Cc1cccc(-n2c(=S)[nH]n(C)c2=S)c1)c1ccc(Cl)cc1. The molecule has 3 aromatic rings. The van der Waals surface area contributed by atoms with Gasteiger partial charge in [0.2, 0.25) is 4.77 Å². The summed E-state index contributed by atoms with van der Waals surface area (Å²) in [6.07, 6.45) is 0. The predicted octanol–water partition coefficient (Wildman–Crippen LogP) is 4.74. The Morgan fingerprint density at radius 2 is 1.93 bits per heavy atom. The molecule has 28 heavy (non-hydrogen) atoms. The van der Waals surface area contributed by atoms with E-state index in [1.165, 1.54) is 0 Å². The second kappa shape index (κ2) is 8.30. The number of H-pyrrole nitrogens is 1. The lowest BCUT2D eigenvalue weighted by molar-refractivity contribution is -0.138. The van der Waals surface area contributed by atoms with Crippen LogP contribution in [-0.2, 0) is 18.4 Å². The average Bonchev–Trinajstić information content (AvgIpc) is 2.92. The van der Waals surface area contributed by atoms with Crippen molar-refractivity contribution in [3.63, 3.8) is 0 Å². The van der Waals surface area contributed by atoms with Gasteiger partial charge in [0.05, 0.1) is 5.69 Å². The van der Waals surface area contributed by atoms with Crippen molar-refractivity contribution in [2.45, 2.75) is 19.5 Å². The van der Waals surface area contributed by atoms with E-state index < -0.39 is 12.0 Å². The van der Waals surface area contributed by atoms with Gasteiger partial charge in [-0.15, -0.1) is 0 Å². The van der Waals surface area contributed by atoms with Crippen molar-refractivity contribution in [2.24, 2.45) is 7.05 Å². The number of carbonyl (C=O) groups is 1. The van der Waals surface area contributed by atoms with Crippen LogP contribution in [0.2, 0.25) is 5.02 Å². The normalized spacial score (nSPS) is 12.0. The standard InChI is InChI=1S/C19H19ClN4O2S2/c1-12(17(25)26)23(15-8-6-14(20)7-9-15)11-13-4-3-5-16(10-13)24-18(27)21-22(2)19(24)28/h3-10,12H,11H2,1-2H3,(H,21,27)(H,25,26). The minimum Gasteiger partial charge on any atom is -0.480 e. The first-order chi connectivity index (χ1) is 13.3. The number of carboxylic acid groups (broad SMARTS) is 1. The maximum absolute atomic E-state index is 11.6. The van der Waals surface area contributed by atoms with Crippen LogP contribution >= 0.6 is 36.0 Å². The number of aromatic nitrogens is 3. The van der Waals surface area contributed by atoms with Crippen molar-refractivity contribution in [3.05, 3.63) is 68.7 Å². The van der Waals surface area contributed by atoms with E-state index in [1.807, 2.05) is 41.3 Å². The molecule has 0 spiro atoms. The first kappa shape index (κ1) is 20.3. The van der Waals surface area contributed by atoms with Crippen LogP contribution in [-0.4, -0.2) is 31.5 Å². The molecule has 1 atom stereocenters. The maximum atomic E-state index is 11.6. The molecule has 1 aromatic heterocycles. The Hall–Kier alpha value is -2.42. The largest absolute Gasteiger partial charge is 0.480 e. The molecule has 0 saturated heterocycles. The van der Waals surface area contributed by atoms with Gasteiger partial charge >= 0.3 is 5.97 Å². The van der Waals surface area contributed by atoms with Gasteiger partial charge < -0.3 is 10.0 Å².